The highest BCUT2D eigenvalue weighted by Gasteiger charge is 2.32. The van der Waals surface area contributed by atoms with E-state index in [0.29, 0.717) is 12.1 Å². The van der Waals surface area contributed by atoms with E-state index in [1.807, 2.05) is 41.2 Å². The van der Waals surface area contributed by atoms with Gasteiger partial charge in [0.15, 0.2) is 0 Å². The number of aromatic nitrogens is 3. The van der Waals surface area contributed by atoms with Crippen molar-refractivity contribution in [2.45, 2.75) is 31.4 Å². The Hall–Kier alpha value is -3.19. The summed E-state index contributed by atoms with van der Waals surface area (Å²) in [7, 11) is 1.66. The van der Waals surface area contributed by atoms with Crippen LogP contribution in [0.25, 0.3) is 0 Å². The molecule has 0 amide bonds. The van der Waals surface area contributed by atoms with E-state index in [4.69, 9.17) is 9.47 Å². The Kier molecular flexibility index (Phi) is 6.39. The zero-order valence-electron chi connectivity index (χ0n) is 17.0. The fraction of sp³-hybridized carbons (Fsp3) is 0.348. The van der Waals surface area contributed by atoms with Crippen LogP contribution in [0.5, 0.6) is 5.75 Å². The van der Waals surface area contributed by atoms with E-state index in [0.717, 1.165) is 37.4 Å². The molecule has 0 spiro atoms. The van der Waals surface area contributed by atoms with E-state index in [2.05, 4.69) is 27.8 Å². The molecule has 2 aromatic carbocycles. The second-order valence-electron chi connectivity index (χ2n) is 7.41. The number of nitrogens with zero attached hydrogens (tertiary/aromatic N) is 3. The summed E-state index contributed by atoms with van der Waals surface area (Å²) in [6.07, 6.45) is 3.41. The van der Waals surface area contributed by atoms with Crippen molar-refractivity contribution in [2.24, 2.45) is 0 Å². The van der Waals surface area contributed by atoms with Crippen LogP contribution in [0.3, 0.4) is 0 Å². The van der Waals surface area contributed by atoms with Crippen molar-refractivity contribution in [1.29, 1.82) is 0 Å². The van der Waals surface area contributed by atoms with Gasteiger partial charge in [-0.1, -0.05) is 35.5 Å². The highest BCUT2D eigenvalue weighted by Crippen LogP contribution is 2.27. The molecule has 30 heavy (non-hydrogen) atoms. The predicted molar refractivity (Wildman–Crippen MR) is 113 cm³/mol. The highest BCUT2D eigenvalue weighted by atomic mass is 16.5. The normalized spacial score (nSPS) is 18.7. The number of ether oxygens (including phenoxy) is 2. The molecule has 0 aliphatic carbocycles. The van der Waals surface area contributed by atoms with Gasteiger partial charge >= 0.3 is 5.97 Å². The Balaban J connectivity index is 1.39. The molecule has 0 radical (unpaired) electrons. The zero-order valence-corrected chi connectivity index (χ0v) is 17.0. The Morgan fingerprint density at radius 3 is 2.73 bits per heavy atom. The van der Waals surface area contributed by atoms with Crippen molar-refractivity contribution in [3.63, 3.8) is 0 Å². The van der Waals surface area contributed by atoms with Gasteiger partial charge in [0.05, 0.1) is 18.4 Å². The van der Waals surface area contributed by atoms with Gasteiger partial charge in [0, 0.05) is 25.2 Å². The van der Waals surface area contributed by atoms with Gasteiger partial charge in [-0.05, 0) is 49.2 Å². The minimum atomic E-state index is -0.304. The van der Waals surface area contributed by atoms with E-state index < -0.39 is 0 Å². The molecule has 1 aliphatic heterocycles. The standard InChI is InChI=1S/C23H26N4O3/c1-29-19-9-7-17(8-10-19)12-14-27-16-21(25-26-27)20-11-13-24-15-22(20)30-23(28)18-5-3-2-4-6-18/h2-10,16,20,22,24H,11-15H2,1H3/t20-,22+/m0/s1. The monoisotopic (exact) mass is 406 g/mol. The van der Waals surface area contributed by atoms with Gasteiger partial charge in [0.25, 0.3) is 0 Å². The van der Waals surface area contributed by atoms with Crippen LogP contribution in [-0.4, -0.2) is 47.3 Å². The first kappa shape index (κ1) is 20.1. The molecule has 1 saturated heterocycles. The van der Waals surface area contributed by atoms with Crippen LogP contribution < -0.4 is 10.1 Å². The maximum atomic E-state index is 12.5. The quantitative estimate of drug-likeness (QED) is 0.608. The average molecular weight is 406 g/mol. The number of nitrogens with one attached hydrogen (secondary N) is 1. The molecule has 7 nitrogen and oxygen atoms in total. The van der Waals surface area contributed by atoms with Gasteiger partial charge in [0.2, 0.25) is 0 Å². The number of hydrogen-bond donors (Lipinski definition) is 1. The van der Waals surface area contributed by atoms with E-state index >= 15 is 0 Å². The third-order valence-corrected chi connectivity index (χ3v) is 5.42. The van der Waals surface area contributed by atoms with Crippen LogP contribution in [0.2, 0.25) is 0 Å². The van der Waals surface area contributed by atoms with Crippen LogP contribution in [0.4, 0.5) is 0 Å². The maximum absolute atomic E-state index is 12.5. The van der Waals surface area contributed by atoms with Crippen molar-refractivity contribution >= 4 is 5.97 Å². The lowest BCUT2D eigenvalue weighted by Crippen LogP contribution is -2.42. The van der Waals surface area contributed by atoms with Crippen LogP contribution >= 0.6 is 0 Å². The van der Waals surface area contributed by atoms with Crippen LogP contribution in [0, 0.1) is 0 Å². The molecule has 4 rings (SSSR count). The summed E-state index contributed by atoms with van der Waals surface area (Å²) in [6.45, 7) is 2.21. The third-order valence-electron chi connectivity index (χ3n) is 5.42. The molecule has 1 N–H and O–H groups in total. The summed E-state index contributed by atoms with van der Waals surface area (Å²) >= 11 is 0. The minimum Gasteiger partial charge on any atom is -0.497 e. The molecule has 1 fully saturated rings. The van der Waals surface area contributed by atoms with Crippen molar-refractivity contribution in [3.8, 4) is 5.75 Å². The predicted octanol–water partition coefficient (Wildman–Crippen LogP) is 2.83. The summed E-state index contributed by atoms with van der Waals surface area (Å²) in [5.41, 5.74) is 2.64. The SMILES string of the molecule is COc1ccc(CCn2cc([C@@H]3CCNC[C@H]3OC(=O)c3ccccc3)nn2)cc1. The molecular formula is C23H26N4O3. The number of hydrogen-bond acceptors (Lipinski definition) is 6. The number of rotatable bonds is 7. The molecular weight excluding hydrogens is 380 g/mol. The first-order valence-corrected chi connectivity index (χ1v) is 10.2. The Morgan fingerprint density at radius 2 is 1.97 bits per heavy atom. The highest BCUT2D eigenvalue weighted by molar-refractivity contribution is 5.89. The van der Waals surface area contributed by atoms with Crippen molar-refractivity contribution in [1.82, 2.24) is 20.3 Å². The average Bonchev–Trinajstić information content (AvgIpc) is 3.28. The molecule has 2 heterocycles. The summed E-state index contributed by atoms with van der Waals surface area (Å²) in [4.78, 5) is 12.5. The molecule has 3 aromatic rings. The van der Waals surface area contributed by atoms with Gasteiger partial charge in [-0.2, -0.15) is 0 Å². The van der Waals surface area contributed by atoms with Gasteiger partial charge in [-0.15, -0.1) is 5.10 Å². The Labute approximate surface area is 176 Å². The summed E-state index contributed by atoms with van der Waals surface area (Å²) in [6, 6.07) is 17.1. The van der Waals surface area contributed by atoms with E-state index in [1.54, 1.807) is 19.2 Å². The Morgan fingerprint density at radius 1 is 1.17 bits per heavy atom. The smallest absolute Gasteiger partial charge is 0.338 e. The molecule has 156 valence electrons. The van der Waals surface area contributed by atoms with Gasteiger partial charge in [-0.25, -0.2) is 4.79 Å². The molecule has 0 unspecified atom stereocenters. The van der Waals surface area contributed by atoms with Crippen molar-refractivity contribution < 1.29 is 14.3 Å². The second-order valence-corrected chi connectivity index (χ2v) is 7.41. The van der Waals surface area contributed by atoms with Gasteiger partial charge < -0.3 is 14.8 Å². The van der Waals surface area contributed by atoms with Crippen molar-refractivity contribution in [3.05, 3.63) is 77.6 Å². The topological polar surface area (TPSA) is 78.3 Å². The van der Waals surface area contributed by atoms with Crippen LogP contribution in [0.15, 0.2) is 60.8 Å². The number of aryl methyl sites for hydroxylation is 2. The number of piperidine rings is 1. The summed E-state index contributed by atoms with van der Waals surface area (Å²) in [5, 5.41) is 12.0. The van der Waals surface area contributed by atoms with Gasteiger partial charge in [-0.3, -0.25) is 4.68 Å². The number of esters is 1. The van der Waals surface area contributed by atoms with E-state index in [-0.39, 0.29) is 18.0 Å². The number of methoxy groups -OCH3 is 1. The van der Waals surface area contributed by atoms with E-state index in [9.17, 15) is 4.79 Å². The third kappa shape index (κ3) is 4.86. The molecule has 1 aliphatic rings. The fourth-order valence-corrected chi connectivity index (χ4v) is 3.70. The first-order valence-electron chi connectivity index (χ1n) is 10.2. The molecule has 0 saturated carbocycles. The minimum absolute atomic E-state index is 0.0358. The van der Waals surface area contributed by atoms with Gasteiger partial charge in [0.1, 0.15) is 11.9 Å². The second kappa shape index (κ2) is 9.54. The summed E-state index contributed by atoms with van der Waals surface area (Å²) < 4.78 is 12.9. The zero-order chi connectivity index (χ0) is 20.8. The lowest BCUT2D eigenvalue weighted by Gasteiger charge is -2.30. The number of carbonyl (C=O) groups is 1. The molecule has 7 heteroatoms. The molecule has 2 atom stereocenters. The number of benzene rings is 2. The lowest BCUT2D eigenvalue weighted by atomic mass is 9.92. The fourth-order valence-electron chi connectivity index (χ4n) is 3.70. The Bertz CT molecular complexity index is 956. The summed E-state index contributed by atoms with van der Waals surface area (Å²) in [5.74, 6) is 0.582. The lowest BCUT2D eigenvalue weighted by molar-refractivity contribution is 0.0178. The number of carbonyl (C=O) groups excluding carboxylic acids is 1. The van der Waals surface area contributed by atoms with Crippen LogP contribution in [0.1, 0.15) is 34.0 Å². The molecule has 0 bridgehead atoms. The first-order chi connectivity index (χ1) is 14.7. The van der Waals surface area contributed by atoms with E-state index in [1.165, 1.54) is 5.56 Å². The van der Waals surface area contributed by atoms with Crippen molar-refractivity contribution in [2.75, 3.05) is 20.2 Å². The molecule has 1 aromatic heterocycles. The largest absolute Gasteiger partial charge is 0.497 e. The maximum Gasteiger partial charge on any atom is 0.338 e. The van der Waals surface area contributed by atoms with Crippen LogP contribution in [-0.2, 0) is 17.7 Å².